The monoisotopic (exact) mass is 563 g/mol. The number of sulfone groups is 1. The minimum atomic E-state index is -3.54. The van der Waals surface area contributed by atoms with Gasteiger partial charge >= 0.3 is 0 Å². The van der Waals surface area contributed by atoms with Gasteiger partial charge in [0.05, 0.1) is 21.2 Å². The van der Waals surface area contributed by atoms with Crippen LogP contribution in [0.5, 0.6) is 5.75 Å². The molecule has 1 fully saturated rings. The molecule has 2 aromatic heterocycles. The van der Waals surface area contributed by atoms with E-state index in [4.69, 9.17) is 28.1 Å². The summed E-state index contributed by atoms with van der Waals surface area (Å²) in [6.07, 6.45) is 4.85. The number of benzene rings is 1. The van der Waals surface area contributed by atoms with Crippen molar-refractivity contribution in [2.24, 2.45) is 0 Å². The van der Waals surface area contributed by atoms with Gasteiger partial charge < -0.3 is 15.4 Å². The van der Waals surface area contributed by atoms with Crippen molar-refractivity contribution in [2.45, 2.75) is 23.8 Å². The number of carbonyl (C=O) groups is 2. The molecular formula is C24H23Cl2N5O5S. The number of nitrogens with one attached hydrogen (secondary N) is 2. The number of piperidine rings is 1. The number of anilines is 2. The standard InChI is InChI=1S/C24H23Cl2N5O5S/c1-37(34,35)17-5-6-18(20(13-17)36-16-8-11-31(26)12-9-16)23(32)29-19-3-2-10-27-22(19)24(33)30-21-7-4-15(25)14-28-21/h2-7,10,13-14,16H,8-9,11-12H2,1H3,(H,29,32)(H,28,30,33). The van der Waals surface area contributed by atoms with Crippen LogP contribution in [-0.2, 0) is 9.84 Å². The summed E-state index contributed by atoms with van der Waals surface area (Å²) in [4.78, 5) is 34.3. The Morgan fingerprint density at radius 2 is 1.81 bits per heavy atom. The Kier molecular flexibility index (Phi) is 8.28. The second kappa shape index (κ2) is 11.4. The molecule has 194 valence electrons. The van der Waals surface area contributed by atoms with E-state index in [0.717, 1.165) is 6.26 Å². The molecule has 0 radical (unpaired) electrons. The highest BCUT2D eigenvalue weighted by atomic mass is 35.5. The molecule has 2 amide bonds. The van der Waals surface area contributed by atoms with E-state index in [1.807, 2.05) is 0 Å². The Balaban J connectivity index is 1.59. The normalized spacial score (nSPS) is 14.7. The lowest BCUT2D eigenvalue weighted by molar-refractivity contribution is 0.101. The molecule has 1 aromatic carbocycles. The van der Waals surface area contributed by atoms with Crippen LogP contribution in [0.25, 0.3) is 0 Å². The molecule has 0 bridgehead atoms. The molecule has 0 atom stereocenters. The van der Waals surface area contributed by atoms with Gasteiger partial charge in [0.25, 0.3) is 11.8 Å². The van der Waals surface area contributed by atoms with Crippen LogP contribution in [0.2, 0.25) is 5.02 Å². The molecule has 0 aliphatic carbocycles. The molecule has 0 unspecified atom stereocenters. The average molecular weight is 564 g/mol. The van der Waals surface area contributed by atoms with Crippen molar-refractivity contribution in [3.8, 4) is 5.75 Å². The first kappa shape index (κ1) is 26.8. The van der Waals surface area contributed by atoms with Gasteiger partial charge in [0.1, 0.15) is 17.7 Å². The summed E-state index contributed by atoms with van der Waals surface area (Å²) in [5.74, 6) is -0.819. The van der Waals surface area contributed by atoms with Gasteiger partial charge in [-0.15, -0.1) is 0 Å². The summed E-state index contributed by atoms with van der Waals surface area (Å²) in [7, 11) is -3.54. The average Bonchev–Trinajstić information content (AvgIpc) is 2.86. The van der Waals surface area contributed by atoms with Crippen LogP contribution < -0.4 is 15.4 Å². The zero-order valence-corrected chi connectivity index (χ0v) is 22.0. The van der Waals surface area contributed by atoms with Crippen LogP contribution in [0.4, 0.5) is 11.5 Å². The molecule has 1 aliphatic heterocycles. The number of aromatic nitrogens is 2. The van der Waals surface area contributed by atoms with Crippen LogP contribution >= 0.6 is 23.4 Å². The van der Waals surface area contributed by atoms with Crippen molar-refractivity contribution in [2.75, 3.05) is 30.0 Å². The predicted molar refractivity (Wildman–Crippen MR) is 140 cm³/mol. The number of rotatable bonds is 7. The van der Waals surface area contributed by atoms with Crippen molar-refractivity contribution in [3.05, 3.63) is 71.1 Å². The lowest BCUT2D eigenvalue weighted by Gasteiger charge is -2.28. The summed E-state index contributed by atoms with van der Waals surface area (Å²) in [5, 5.41) is 5.70. The number of ether oxygens (including phenoxy) is 1. The third kappa shape index (κ3) is 6.95. The fourth-order valence-electron chi connectivity index (χ4n) is 3.64. The number of amides is 2. The first-order chi connectivity index (χ1) is 17.6. The minimum absolute atomic E-state index is 0.0192. The van der Waals surface area contributed by atoms with Gasteiger partial charge in [-0.3, -0.25) is 9.59 Å². The fourth-order valence-corrected chi connectivity index (χ4v) is 4.59. The number of carbonyl (C=O) groups excluding carboxylic acids is 2. The Bertz CT molecular complexity index is 1410. The lowest BCUT2D eigenvalue weighted by atomic mass is 10.1. The van der Waals surface area contributed by atoms with Crippen molar-refractivity contribution in [1.82, 2.24) is 14.4 Å². The van der Waals surface area contributed by atoms with Crippen LogP contribution in [0, 0.1) is 0 Å². The van der Waals surface area contributed by atoms with Gasteiger partial charge in [-0.25, -0.2) is 22.8 Å². The lowest BCUT2D eigenvalue weighted by Crippen LogP contribution is -2.33. The molecule has 13 heteroatoms. The van der Waals surface area contributed by atoms with E-state index in [0.29, 0.717) is 31.0 Å². The smallest absolute Gasteiger partial charge is 0.277 e. The maximum absolute atomic E-state index is 13.3. The van der Waals surface area contributed by atoms with Crippen molar-refractivity contribution >= 4 is 56.5 Å². The summed E-state index contributed by atoms with van der Waals surface area (Å²) < 4.78 is 32.0. The zero-order valence-electron chi connectivity index (χ0n) is 19.6. The van der Waals surface area contributed by atoms with E-state index in [2.05, 4.69) is 20.6 Å². The quantitative estimate of drug-likeness (QED) is 0.412. The molecule has 2 N–H and O–H groups in total. The van der Waals surface area contributed by atoms with Crippen molar-refractivity contribution in [3.63, 3.8) is 0 Å². The van der Waals surface area contributed by atoms with Crippen LogP contribution in [-0.4, -0.2) is 60.1 Å². The van der Waals surface area contributed by atoms with Gasteiger partial charge in [0.15, 0.2) is 15.5 Å². The first-order valence-electron chi connectivity index (χ1n) is 11.2. The maximum atomic E-state index is 13.3. The van der Waals surface area contributed by atoms with Gasteiger partial charge in [0, 0.05) is 31.7 Å². The summed E-state index contributed by atoms with van der Waals surface area (Å²) in [5.41, 5.74) is 0.208. The highest BCUT2D eigenvalue weighted by molar-refractivity contribution is 7.90. The zero-order chi connectivity index (χ0) is 26.6. The molecule has 0 spiro atoms. The second-order valence-electron chi connectivity index (χ2n) is 8.33. The minimum Gasteiger partial charge on any atom is -0.489 e. The highest BCUT2D eigenvalue weighted by Crippen LogP contribution is 2.28. The van der Waals surface area contributed by atoms with Crippen molar-refractivity contribution in [1.29, 1.82) is 0 Å². The van der Waals surface area contributed by atoms with E-state index in [1.165, 1.54) is 42.7 Å². The number of pyridine rings is 2. The molecule has 10 nitrogen and oxygen atoms in total. The summed E-state index contributed by atoms with van der Waals surface area (Å²) in [6.45, 7) is 1.19. The Morgan fingerprint density at radius 3 is 2.49 bits per heavy atom. The molecule has 1 saturated heterocycles. The van der Waals surface area contributed by atoms with Gasteiger partial charge in [-0.05, 0) is 67.1 Å². The van der Waals surface area contributed by atoms with E-state index in [9.17, 15) is 18.0 Å². The highest BCUT2D eigenvalue weighted by Gasteiger charge is 2.24. The summed E-state index contributed by atoms with van der Waals surface area (Å²) >= 11 is 11.9. The van der Waals surface area contributed by atoms with Gasteiger partial charge in [-0.1, -0.05) is 11.6 Å². The van der Waals surface area contributed by atoms with E-state index < -0.39 is 21.7 Å². The molecule has 1 aliphatic rings. The summed E-state index contributed by atoms with van der Waals surface area (Å²) in [6, 6.07) is 10.2. The number of hydrogen-bond acceptors (Lipinski definition) is 8. The van der Waals surface area contributed by atoms with Crippen molar-refractivity contribution < 1.29 is 22.7 Å². The largest absolute Gasteiger partial charge is 0.489 e. The van der Waals surface area contributed by atoms with Gasteiger partial charge in [-0.2, -0.15) is 0 Å². The number of hydrogen-bond donors (Lipinski definition) is 2. The van der Waals surface area contributed by atoms with Crippen LogP contribution in [0.3, 0.4) is 0 Å². The molecule has 37 heavy (non-hydrogen) atoms. The number of nitrogens with zero attached hydrogens (tertiary/aromatic N) is 3. The van der Waals surface area contributed by atoms with E-state index in [1.54, 1.807) is 16.6 Å². The SMILES string of the molecule is CS(=O)(=O)c1ccc(C(=O)Nc2cccnc2C(=O)Nc2ccc(Cl)cn2)c(OC2CCN(Cl)CC2)c1. The fraction of sp³-hybridized carbons (Fsp3) is 0.250. The Morgan fingerprint density at radius 1 is 1.05 bits per heavy atom. The predicted octanol–water partition coefficient (Wildman–Crippen LogP) is 4.04. The number of halogens is 2. The van der Waals surface area contributed by atoms with E-state index >= 15 is 0 Å². The third-order valence-electron chi connectivity index (χ3n) is 5.55. The Hall–Kier alpha value is -3.25. The Labute approximate surface area is 224 Å². The van der Waals surface area contributed by atoms with Crippen LogP contribution in [0.1, 0.15) is 33.7 Å². The molecule has 0 saturated carbocycles. The van der Waals surface area contributed by atoms with E-state index in [-0.39, 0.29) is 39.5 Å². The molecule has 4 rings (SSSR count). The molecule has 3 heterocycles. The first-order valence-corrected chi connectivity index (χ1v) is 13.8. The van der Waals surface area contributed by atoms with Crippen LogP contribution in [0.15, 0.2) is 59.8 Å². The second-order valence-corrected chi connectivity index (χ2v) is 11.3. The topological polar surface area (TPSA) is 131 Å². The third-order valence-corrected chi connectivity index (χ3v) is 7.22. The molecule has 3 aromatic rings. The van der Waals surface area contributed by atoms with Gasteiger partial charge in [0.2, 0.25) is 0 Å². The maximum Gasteiger partial charge on any atom is 0.277 e. The molecular weight excluding hydrogens is 541 g/mol.